The van der Waals surface area contributed by atoms with Gasteiger partial charge in [0, 0.05) is 13.1 Å². The second-order valence-electron chi connectivity index (χ2n) is 8.45. The maximum Gasteiger partial charge on any atom is 0.278 e. The van der Waals surface area contributed by atoms with Crippen LogP contribution in [0, 0.1) is 13.8 Å². The molecule has 160 valence electrons. The lowest BCUT2D eigenvalue weighted by molar-refractivity contribution is -0.138. The van der Waals surface area contributed by atoms with Crippen LogP contribution in [-0.4, -0.2) is 41.5 Å². The van der Waals surface area contributed by atoms with Crippen LogP contribution in [0.5, 0.6) is 11.5 Å². The zero-order chi connectivity index (χ0) is 21.5. The van der Waals surface area contributed by atoms with Crippen LogP contribution in [0.3, 0.4) is 0 Å². The van der Waals surface area contributed by atoms with E-state index in [0.717, 1.165) is 54.6 Å². The number of imide groups is 1. The Morgan fingerprint density at radius 3 is 2.39 bits per heavy atom. The molecule has 6 heteroatoms. The molecule has 0 aromatic heterocycles. The van der Waals surface area contributed by atoms with Crippen LogP contribution < -0.4 is 9.47 Å². The third-order valence-electron chi connectivity index (χ3n) is 6.39. The SMILES string of the molecule is Cc1ccc(C2=C(N3CCCCC3)C(=O)N(Cc3ccc4c(c3)OCO4)C2=O)cc1C. The molecule has 2 aromatic carbocycles. The van der Waals surface area contributed by atoms with Gasteiger partial charge < -0.3 is 14.4 Å². The smallest absolute Gasteiger partial charge is 0.278 e. The first-order valence-electron chi connectivity index (χ1n) is 10.8. The second-order valence-corrected chi connectivity index (χ2v) is 8.45. The van der Waals surface area contributed by atoms with Gasteiger partial charge in [-0.05, 0) is 67.5 Å². The fourth-order valence-corrected chi connectivity index (χ4v) is 4.50. The highest BCUT2D eigenvalue weighted by molar-refractivity contribution is 6.35. The fourth-order valence-electron chi connectivity index (χ4n) is 4.50. The van der Waals surface area contributed by atoms with Crippen molar-refractivity contribution in [3.63, 3.8) is 0 Å². The van der Waals surface area contributed by atoms with Gasteiger partial charge in [-0.15, -0.1) is 0 Å². The summed E-state index contributed by atoms with van der Waals surface area (Å²) in [5, 5.41) is 0. The van der Waals surface area contributed by atoms with E-state index in [-0.39, 0.29) is 25.2 Å². The Labute approximate surface area is 182 Å². The van der Waals surface area contributed by atoms with Crippen molar-refractivity contribution < 1.29 is 19.1 Å². The minimum Gasteiger partial charge on any atom is -0.454 e. The second kappa shape index (κ2) is 7.76. The van der Waals surface area contributed by atoms with Crippen molar-refractivity contribution in [2.24, 2.45) is 0 Å². The third-order valence-corrected chi connectivity index (χ3v) is 6.39. The summed E-state index contributed by atoms with van der Waals surface area (Å²) in [6, 6.07) is 11.5. The van der Waals surface area contributed by atoms with E-state index in [1.807, 2.05) is 50.2 Å². The van der Waals surface area contributed by atoms with Gasteiger partial charge in [0.2, 0.25) is 6.79 Å². The van der Waals surface area contributed by atoms with E-state index in [1.54, 1.807) is 0 Å². The number of rotatable bonds is 4. The van der Waals surface area contributed by atoms with Crippen LogP contribution in [0.25, 0.3) is 5.57 Å². The molecule has 1 saturated heterocycles. The molecule has 0 saturated carbocycles. The van der Waals surface area contributed by atoms with Crippen molar-refractivity contribution in [2.75, 3.05) is 19.9 Å². The molecule has 0 N–H and O–H groups in total. The van der Waals surface area contributed by atoms with Gasteiger partial charge in [0.25, 0.3) is 11.8 Å². The highest BCUT2D eigenvalue weighted by Gasteiger charge is 2.41. The molecule has 0 aliphatic carbocycles. The van der Waals surface area contributed by atoms with E-state index in [9.17, 15) is 9.59 Å². The summed E-state index contributed by atoms with van der Waals surface area (Å²) in [4.78, 5) is 30.6. The Balaban J connectivity index is 1.52. The van der Waals surface area contributed by atoms with Gasteiger partial charge in [-0.2, -0.15) is 0 Å². The van der Waals surface area contributed by atoms with E-state index in [1.165, 1.54) is 4.90 Å². The number of ether oxygens (including phenoxy) is 2. The summed E-state index contributed by atoms with van der Waals surface area (Å²) in [7, 11) is 0. The molecule has 2 aromatic rings. The molecule has 3 heterocycles. The Morgan fingerprint density at radius 2 is 1.61 bits per heavy atom. The Kier molecular flexibility index (Phi) is 4.93. The number of piperidine rings is 1. The standard InChI is InChI=1S/C25H26N2O4/c1-16-6-8-19(12-17(16)2)22-23(26-10-4-3-5-11-26)25(29)27(24(22)28)14-18-7-9-20-21(13-18)31-15-30-20/h6-9,12-13H,3-5,10-11,14-15H2,1-2H3. The first kappa shape index (κ1) is 19.7. The Morgan fingerprint density at radius 1 is 0.839 bits per heavy atom. The molecule has 5 rings (SSSR count). The third kappa shape index (κ3) is 3.46. The van der Waals surface area contributed by atoms with Crippen molar-refractivity contribution in [1.82, 2.24) is 9.80 Å². The molecule has 3 aliphatic heterocycles. The number of fused-ring (bicyclic) bond motifs is 1. The topological polar surface area (TPSA) is 59.1 Å². The van der Waals surface area contributed by atoms with Crippen LogP contribution in [0.1, 0.15) is 41.5 Å². The zero-order valence-electron chi connectivity index (χ0n) is 17.9. The first-order valence-corrected chi connectivity index (χ1v) is 10.8. The molecule has 3 aliphatic rings. The number of amides is 2. The molecule has 0 unspecified atom stereocenters. The average molecular weight is 418 g/mol. The summed E-state index contributed by atoms with van der Waals surface area (Å²) >= 11 is 0. The van der Waals surface area contributed by atoms with Crippen molar-refractivity contribution >= 4 is 17.4 Å². The largest absolute Gasteiger partial charge is 0.454 e. The molecule has 2 amide bonds. The normalized spacial score (nSPS) is 18.4. The number of hydrogen-bond acceptors (Lipinski definition) is 5. The van der Waals surface area contributed by atoms with Gasteiger partial charge in [0.15, 0.2) is 11.5 Å². The van der Waals surface area contributed by atoms with Crippen LogP contribution in [-0.2, 0) is 16.1 Å². The lowest BCUT2D eigenvalue weighted by atomic mass is 9.98. The monoisotopic (exact) mass is 418 g/mol. The predicted octanol–water partition coefficient (Wildman–Crippen LogP) is 3.80. The van der Waals surface area contributed by atoms with Crippen molar-refractivity contribution in [3.8, 4) is 11.5 Å². The maximum atomic E-state index is 13.6. The van der Waals surface area contributed by atoms with E-state index in [2.05, 4.69) is 4.90 Å². The van der Waals surface area contributed by atoms with Gasteiger partial charge in [-0.1, -0.05) is 24.3 Å². The molecule has 0 atom stereocenters. The number of nitrogens with zero attached hydrogens (tertiary/aromatic N) is 2. The minimum atomic E-state index is -0.230. The van der Waals surface area contributed by atoms with Gasteiger partial charge in [-0.3, -0.25) is 14.5 Å². The van der Waals surface area contributed by atoms with E-state index >= 15 is 0 Å². The number of likely N-dealkylation sites (tertiary alicyclic amines) is 1. The fraction of sp³-hybridized carbons (Fsp3) is 0.360. The maximum absolute atomic E-state index is 13.6. The highest BCUT2D eigenvalue weighted by Crippen LogP contribution is 2.36. The molecule has 31 heavy (non-hydrogen) atoms. The van der Waals surface area contributed by atoms with E-state index in [0.29, 0.717) is 22.8 Å². The Hall–Kier alpha value is -3.28. The summed E-state index contributed by atoms with van der Waals surface area (Å²) in [5.41, 5.74) is 5.00. The van der Waals surface area contributed by atoms with Crippen molar-refractivity contribution in [2.45, 2.75) is 39.7 Å². The first-order chi connectivity index (χ1) is 15.0. The van der Waals surface area contributed by atoms with Crippen LogP contribution in [0.15, 0.2) is 42.1 Å². The van der Waals surface area contributed by atoms with Gasteiger partial charge in [-0.25, -0.2) is 0 Å². The van der Waals surface area contributed by atoms with Crippen molar-refractivity contribution in [3.05, 3.63) is 64.3 Å². The lowest BCUT2D eigenvalue weighted by Crippen LogP contribution is -2.36. The molecular formula is C25H26N2O4. The average Bonchev–Trinajstić information content (AvgIpc) is 3.34. The minimum absolute atomic E-state index is 0.192. The molecule has 0 bridgehead atoms. The summed E-state index contributed by atoms with van der Waals surface area (Å²) in [5.74, 6) is 0.894. The molecule has 0 spiro atoms. The zero-order valence-corrected chi connectivity index (χ0v) is 17.9. The number of carbonyl (C=O) groups is 2. The quantitative estimate of drug-likeness (QED) is 0.707. The van der Waals surface area contributed by atoms with Gasteiger partial charge in [0.05, 0.1) is 12.1 Å². The predicted molar refractivity (Wildman–Crippen MR) is 116 cm³/mol. The van der Waals surface area contributed by atoms with Crippen LogP contribution in [0.2, 0.25) is 0 Å². The lowest BCUT2D eigenvalue weighted by Gasteiger charge is -2.29. The van der Waals surface area contributed by atoms with Gasteiger partial charge in [0.1, 0.15) is 5.70 Å². The number of hydrogen-bond donors (Lipinski definition) is 0. The molecule has 6 nitrogen and oxygen atoms in total. The van der Waals surface area contributed by atoms with Crippen LogP contribution >= 0.6 is 0 Å². The molecule has 0 radical (unpaired) electrons. The molecular weight excluding hydrogens is 392 g/mol. The highest BCUT2D eigenvalue weighted by atomic mass is 16.7. The summed E-state index contributed by atoms with van der Waals surface area (Å²) < 4.78 is 10.8. The number of aryl methyl sites for hydroxylation is 2. The van der Waals surface area contributed by atoms with E-state index in [4.69, 9.17) is 9.47 Å². The number of benzene rings is 2. The Bertz CT molecular complexity index is 1100. The van der Waals surface area contributed by atoms with E-state index < -0.39 is 0 Å². The van der Waals surface area contributed by atoms with Crippen LogP contribution in [0.4, 0.5) is 0 Å². The summed E-state index contributed by atoms with van der Waals surface area (Å²) in [6.07, 6.45) is 3.23. The van der Waals surface area contributed by atoms with Gasteiger partial charge >= 0.3 is 0 Å². The number of carbonyl (C=O) groups excluding carboxylic acids is 2. The summed E-state index contributed by atoms with van der Waals surface area (Å²) in [6.45, 7) is 6.09. The molecule has 1 fully saturated rings. The van der Waals surface area contributed by atoms with Crippen molar-refractivity contribution in [1.29, 1.82) is 0 Å².